The average molecular weight is 366 g/mol. The van der Waals surface area contributed by atoms with Gasteiger partial charge < -0.3 is 15.1 Å². The molecular weight excluding hydrogens is 344 g/mol. The fraction of sp³-hybridized carbons (Fsp3) is 0.400. The third-order valence-electron chi connectivity index (χ3n) is 5.37. The molecule has 1 aromatic carbocycles. The minimum absolute atomic E-state index is 0.0395. The van der Waals surface area contributed by atoms with Gasteiger partial charge in [0, 0.05) is 49.2 Å². The van der Waals surface area contributed by atoms with Gasteiger partial charge in [-0.05, 0) is 31.5 Å². The van der Waals surface area contributed by atoms with E-state index >= 15 is 0 Å². The highest BCUT2D eigenvalue weighted by atomic mass is 16.2. The predicted molar refractivity (Wildman–Crippen MR) is 100.0 cm³/mol. The van der Waals surface area contributed by atoms with Gasteiger partial charge in [-0.15, -0.1) is 0 Å². The maximum atomic E-state index is 13.1. The fourth-order valence-electron chi connectivity index (χ4n) is 3.92. The van der Waals surface area contributed by atoms with E-state index in [0.29, 0.717) is 38.0 Å². The van der Waals surface area contributed by atoms with Gasteiger partial charge in [0.15, 0.2) is 0 Å². The summed E-state index contributed by atoms with van der Waals surface area (Å²) in [5.74, 6) is -0.156. The molecule has 2 saturated heterocycles. The molecule has 140 valence electrons. The predicted octanol–water partition coefficient (Wildman–Crippen LogP) is 1.19. The van der Waals surface area contributed by atoms with Crippen molar-refractivity contribution < 1.29 is 14.4 Å². The lowest BCUT2D eigenvalue weighted by Gasteiger charge is -2.40. The Morgan fingerprint density at radius 1 is 1.19 bits per heavy atom. The summed E-state index contributed by atoms with van der Waals surface area (Å²) in [6.45, 7) is 3.38. The minimum Gasteiger partial charge on any atom is -0.344 e. The van der Waals surface area contributed by atoms with Gasteiger partial charge in [-0.1, -0.05) is 12.1 Å². The Balaban J connectivity index is 1.49. The summed E-state index contributed by atoms with van der Waals surface area (Å²) in [6.07, 6.45) is 2.67. The van der Waals surface area contributed by atoms with Crippen molar-refractivity contribution in [3.63, 3.8) is 0 Å². The Bertz CT molecular complexity index is 908. The van der Waals surface area contributed by atoms with Crippen LogP contribution in [-0.2, 0) is 9.59 Å². The summed E-state index contributed by atoms with van der Waals surface area (Å²) < 4.78 is 0. The van der Waals surface area contributed by atoms with E-state index in [0.717, 1.165) is 10.9 Å². The number of carbonyl (C=O) groups is 3. The van der Waals surface area contributed by atoms with Crippen LogP contribution in [0.1, 0.15) is 30.1 Å². The highest BCUT2D eigenvalue weighted by Gasteiger charge is 2.35. The van der Waals surface area contributed by atoms with Crippen LogP contribution in [0.2, 0.25) is 0 Å². The van der Waals surface area contributed by atoms with E-state index in [1.165, 1.54) is 0 Å². The lowest BCUT2D eigenvalue weighted by molar-refractivity contribution is -0.136. The number of nitrogens with one attached hydrogen (secondary N) is 1. The Hall–Kier alpha value is -2.96. The first-order chi connectivity index (χ1) is 13.0. The molecule has 3 amide bonds. The Labute approximate surface area is 157 Å². The molecule has 4 rings (SSSR count). The molecule has 1 N–H and O–H groups in total. The van der Waals surface area contributed by atoms with Crippen molar-refractivity contribution in [2.45, 2.75) is 31.8 Å². The number of amides is 3. The quantitative estimate of drug-likeness (QED) is 0.865. The number of hydrogen-bond donors (Lipinski definition) is 1. The van der Waals surface area contributed by atoms with Crippen molar-refractivity contribution in [2.75, 3.05) is 19.6 Å². The molecule has 0 unspecified atom stereocenters. The molecular formula is C20H22N4O3. The number of benzene rings is 1. The summed E-state index contributed by atoms with van der Waals surface area (Å²) in [4.78, 5) is 45.0. The summed E-state index contributed by atoms with van der Waals surface area (Å²) in [6, 6.07) is 8.77. The molecule has 2 aromatic rings. The van der Waals surface area contributed by atoms with Gasteiger partial charge in [-0.25, -0.2) is 0 Å². The summed E-state index contributed by atoms with van der Waals surface area (Å²) in [5.41, 5.74) is 1.43. The van der Waals surface area contributed by atoms with Crippen LogP contribution < -0.4 is 5.32 Å². The van der Waals surface area contributed by atoms with Gasteiger partial charge in [0.1, 0.15) is 6.04 Å². The molecule has 7 nitrogen and oxygen atoms in total. The van der Waals surface area contributed by atoms with Crippen molar-refractivity contribution in [1.82, 2.24) is 20.1 Å². The van der Waals surface area contributed by atoms with Crippen LogP contribution in [0.25, 0.3) is 10.9 Å². The number of nitrogens with zero attached hydrogens (tertiary/aromatic N) is 3. The average Bonchev–Trinajstić information content (AvgIpc) is 3.12. The lowest BCUT2D eigenvalue weighted by atomic mass is 10.0. The monoisotopic (exact) mass is 366 g/mol. The van der Waals surface area contributed by atoms with Crippen molar-refractivity contribution in [3.05, 3.63) is 42.1 Å². The van der Waals surface area contributed by atoms with Crippen LogP contribution in [0.4, 0.5) is 0 Å². The van der Waals surface area contributed by atoms with Gasteiger partial charge in [0.25, 0.3) is 5.91 Å². The van der Waals surface area contributed by atoms with Crippen LogP contribution >= 0.6 is 0 Å². The Morgan fingerprint density at radius 2 is 2.04 bits per heavy atom. The first-order valence-electron chi connectivity index (χ1n) is 9.27. The standard InChI is InChI=1S/C20H22N4O3/c1-13-12-23(20(27)17-7-8-18(25)22-17)10-11-24(13)19(26)15-4-2-6-16-14(15)5-3-9-21-16/h2-6,9,13,17H,7-8,10-12H2,1H3,(H,22,25)/t13-,17-/m0/s1. The van der Waals surface area contributed by atoms with Crippen molar-refractivity contribution in [3.8, 4) is 0 Å². The number of rotatable bonds is 2. The van der Waals surface area contributed by atoms with Crippen LogP contribution in [0, 0.1) is 0 Å². The molecule has 2 aliphatic heterocycles. The first kappa shape index (κ1) is 17.5. The molecule has 0 bridgehead atoms. The van der Waals surface area contributed by atoms with E-state index in [-0.39, 0.29) is 23.8 Å². The van der Waals surface area contributed by atoms with Crippen LogP contribution in [0.5, 0.6) is 0 Å². The first-order valence-corrected chi connectivity index (χ1v) is 9.27. The van der Waals surface area contributed by atoms with E-state index < -0.39 is 6.04 Å². The van der Waals surface area contributed by atoms with Crippen LogP contribution in [0.3, 0.4) is 0 Å². The lowest BCUT2D eigenvalue weighted by Crippen LogP contribution is -2.58. The molecule has 2 atom stereocenters. The maximum absolute atomic E-state index is 13.1. The second-order valence-electron chi connectivity index (χ2n) is 7.17. The topological polar surface area (TPSA) is 82.6 Å². The zero-order chi connectivity index (χ0) is 19.0. The Morgan fingerprint density at radius 3 is 2.78 bits per heavy atom. The molecule has 0 aliphatic carbocycles. The third kappa shape index (κ3) is 3.25. The number of fused-ring (bicyclic) bond motifs is 1. The third-order valence-corrected chi connectivity index (χ3v) is 5.37. The molecule has 2 fully saturated rings. The molecule has 7 heteroatoms. The number of carbonyl (C=O) groups excluding carboxylic acids is 3. The van der Waals surface area contributed by atoms with Gasteiger partial charge >= 0.3 is 0 Å². The fourth-order valence-corrected chi connectivity index (χ4v) is 3.92. The molecule has 0 saturated carbocycles. The summed E-state index contributed by atoms with van der Waals surface area (Å²) in [7, 11) is 0. The van der Waals surface area contributed by atoms with E-state index in [1.807, 2.05) is 42.2 Å². The molecule has 3 heterocycles. The van der Waals surface area contributed by atoms with Crippen LogP contribution in [0.15, 0.2) is 36.5 Å². The second-order valence-corrected chi connectivity index (χ2v) is 7.17. The van der Waals surface area contributed by atoms with E-state index in [9.17, 15) is 14.4 Å². The summed E-state index contributed by atoms with van der Waals surface area (Å²) >= 11 is 0. The van der Waals surface area contributed by atoms with E-state index in [1.54, 1.807) is 11.1 Å². The number of piperazine rings is 1. The SMILES string of the molecule is C[C@H]1CN(C(=O)[C@@H]2CCC(=O)N2)CCN1C(=O)c1cccc2ncccc12. The van der Waals surface area contributed by atoms with Gasteiger partial charge in [0.2, 0.25) is 11.8 Å². The summed E-state index contributed by atoms with van der Waals surface area (Å²) in [5, 5.41) is 3.57. The van der Waals surface area contributed by atoms with Crippen molar-refractivity contribution in [1.29, 1.82) is 0 Å². The molecule has 2 aliphatic rings. The molecule has 0 radical (unpaired) electrons. The Kier molecular flexibility index (Phi) is 4.51. The zero-order valence-corrected chi connectivity index (χ0v) is 15.2. The number of pyridine rings is 1. The molecule has 27 heavy (non-hydrogen) atoms. The van der Waals surface area contributed by atoms with Gasteiger partial charge in [-0.2, -0.15) is 0 Å². The van der Waals surface area contributed by atoms with Gasteiger partial charge in [0.05, 0.1) is 5.52 Å². The molecule has 1 aromatic heterocycles. The largest absolute Gasteiger partial charge is 0.344 e. The minimum atomic E-state index is -0.420. The molecule has 0 spiro atoms. The van der Waals surface area contributed by atoms with Crippen molar-refractivity contribution >= 4 is 28.6 Å². The van der Waals surface area contributed by atoms with E-state index in [4.69, 9.17) is 0 Å². The highest BCUT2D eigenvalue weighted by molar-refractivity contribution is 6.06. The second kappa shape index (κ2) is 6.98. The van der Waals surface area contributed by atoms with Gasteiger partial charge in [-0.3, -0.25) is 19.4 Å². The van der Waals surface area contributed by atoms with Crippen molar-refractivity contribution in [2.24, 2.45) is 0 Å². The van der Waals surface area contributed by atoms with Crippen LogP contribution in [-0.4, -0.2) is 64.2 Å². The highest BCUT2D eigenvalue weighted by Crippen LogP contribution is 2.21. The zero-order valence-electron chi connectivity index (χ0n) is 15.2. The maximum Gasteiger partial charge on any atom is 0.254 e. The smallest absolute Gasteiger partial charge is 0.254 e. The number of hydrogen-bond acceptors (Lipinski definition) is 4. The van der Waals surface area contributed by atoms with E-state index in [2.05, 4.69) is 10.3 Å². The normalized spacial score (nSPS) is 22.8. The number of aromatic nitrogens is 1.